The Morgan fingerprint density at radius 1 is 0.892 bits per heavy atom. The van der Waals surface area contributed by atoms with E-state index >= 15 is 0 Å². The predicted octanol–water partition coefficient (Wildman–Crippen LogP) is 6.07. The zero-order valence-electron chi connectivity index (χ0n) is 20.1. The van der Waals surface area contributed by atoms with E-state index in [1.54, 1.807) is 29.2 Å². The molecule has 0 saturated carbocycles. The van der Waals surface area contributed by atoms with Crippen LogP contribution in [-0.4, -0.2) is 16.7 Å². The lowest BCUT2D eigenvalue weighted by Crippen LogP contribution is -2.30. The number of carbonyl (C=O) groups excluding carboxylic acids is 2. The van der Waals surface area contributed by atoms with Crippen LogP contribution in [0, 0.1) is 22.9 Å². The highest BCUT2D eigenvalue weighted by Crippen LogP contribution is 2.24. The van der Waals surface area contributed by atoms with Gasteiger partial charge in [0.2, 0.25) is 5.91 Å². The Balaban J connectivity index is 1.59. The number of nitrogens with one attached hydrogen (secondary N) is 1. The maximum absolute atomic E-state index is 13.5. The first-order valence-electron chi connectivity index (χ1n) is 11.5. The number of halogens is 1. The standard InChI is InChI=1S/C29H24FN3O4/c1-20-5-7-21(8-6-20)19-32(29(35)23-9-15-26(16-10-23)33(36)37)27-4-2-3-22(17-27)18-28(34)31-25-13-11-24(30)12-14-25/h2-17H,18-19H2,1H3,(H,31,34). The van der Waals surface area contributed by atoms with Crippen LogP contribution in [0.2, 0.25) is 0 Å². The van der Waals surface area contributed by atoms with E-state index in [2.05, 4.69) is 5.32 Å². The molecule has 4 aromatic carbocycles. The zero-order valence-corrected chi connectivity index (χ0v) is 20.1. The van der Waals surface area contributed by atoms with E-state index in [-0.39, 0.29) is 30.5 Å². The van der Waals surface area contributed by atoms with Gasteiger partial charge in [0.25, 0.3) is 11.6 Å². The lowest BCUT2D eigenvalue weighted by Gasteiger charge is -2.24. The van der Waals surface area contributed by atoms with Gasteiger partial charge in [-0.2, -0.15) is 0 Å². The van der Waals surface area contributed by atoms with E-state index in [0.717, 1.165) is 11.1 Å². The van der Waals surface area contributed by atoms with Crippen molar-refractivity contribution in [3.8, 4) is 0 Å². The maximum atomic E-state index is 13.5. The summed E-state index contributed by atoms with van der Waals surface area (Å²) in [7, 11) is 0. The van der Waals surface area contributed by atoms with Gasteiger partial charge < -0.3 is 10.2 Å². The van der Waals surface area contributed by atoms with Crippen molar-refractivity contribution in [2.75, 3.05) is 10.2 Å². The van der Waals surface area contributed by atoms with E-state index < -0.39 is 10.7 Å². The Hall–Kier alpha value is -4.85. The molecule has 0 atom stereocenters. The molecular formula is C29H24FN3O4. The number of aryl methyl sites for hydroxylation is 1. The van der Waals surface area contributed by atoms with Crippen LogP contribution in [0.1, 0.15) is 27.0 Å². The van der Waals surface area contributed by atoms with Gasteiger partial charge in [-0.3, -0.25) is 19.7 Å². The summed E-state index contributed by atoms with van der Waals surface area (Å²) in [5.41, 5.74) is 3.94. The molecule has 0 aliphatic carbocycles. The van der Waals surface area contributed by atoms with E-state index in [9.17, 15) is 24.1 Å². The predicted molar refractivity (Wildman–Crippen MR) is 140 cm³/mol. The molecule has 0 aromatic heterocycles. The Labute approximate surface area is 213 Å². The van der Waals surface area contributed by atoms with Crippen LogP contribution < -0.4 is 10.2 Å². The number of amides is 2. The van der Waals surface area contributed by atoms with Crippen LogP contribution in [0.25, 0.3) is 0 Å². The molecule has 0 saturated heterocycles. The number of non-ortho nitro benzene ring substituents is 1. The number of anilines is 2. The van der Waals surface area contributed by atoms with Gasteiger partial charge in [0, 0.05) is 29.1 Å². The van der Waals surface area contributed by atoms with Gasteiger partial charge in [-0.15, -0.1) is 0 Å². The summed E-state index contributed by atoms with van der Waals surface area (Å²) in [6.07, 6.45) is 0.0509. The summed E-state index contributed by atoms with van der Waals surface area (Å²) in [6, 6.07) is 25.8. The van der Waals surface area contributed by atoms with Crippen LogP contribution >= 0.6 is 0 Å². The number of benzene rings is 4. The van der Waals surface area contributed by atoms with Gasteiger partial charge in [-0.25, -0.2) is 4.39 Å². The first-order chi connectivity index (χ1) is 17.8. The molecule has 4 aromatic rings. The van der Waals surface area contributed by atoms with E-state index in [1.807, 2.05) is 31.2 Å². The van der Waals surface area contributed by atoms with Crippen molar-refractivity contribution in [1.82, 2.24) is 0 Å². The van der Waals surface area contributed by atoms with Crippen molar-refractivity contribution in [2.24, 2.45) is 0 Å². The van der Waals surface area contributed by atoms with Crippen LogP contribution in [0.4, 0.5) is 21.5 Å². The second kappa shape index (κ2) is 11.3. The molecule has 0 aliphatic rings. The minimum Gasteiger partial charge on any atom is -0.326 e. The number of rotatable bonds is 8. The first kappa shape index (κ1) is 25.2. The summed E-state index contributed by atoms with van der Waals surface area (Å²) in [5.74, 6) is -1.00. The number of hydrogen-bond acceptors (Lipinski definition) is 4. The SMILES string of the molecule is Cc1ccc(CN(C(=O)c2ccc([N+](=O)[O-])cc2)c2cccc(CC(=O)Nc3ccc(F)cc3)c2)cc1. The summed E-state index contributed by atoms with van der Waals surface area (Å²) >= 11 is 0. The monoisotopic (exact) mass is 497 g/mol. The van der Waals surface area contributed by atoms with Crippen molar-refractivity contribution in [3.63, 3.8) is 0 Å². The Bertz CT molecular complexity index is 1420. The van der Waals surface area contributed by atoms with Crippen LogP contribution in [0.5, 0.6) is 0 Å². The third-order valence-electron chi connectivity index (χ3n) is 5.75. The first-order valence-corrected chi connectivity index (χ1v) is 11.5. The van der Waals surface area contributed by atoms with Gasteiger partial charge in [0.15, 0.2) is 0 Å². The number of nitro benzene ring substituents is 1. The molecule has 4 rings (SSSR count). The zero-order chi connectivity index (χ0) is 26.4. The van der Waals surface area contributed by atoms with Crippen molar-refractivity contribution in [3.05, 3.63) is 135 Å². The summed E-state index contributed by atoms with van der Waals surface area (Å²) in [5, 5.41) is 13.8. The molecule has 0 unspecified atom stereocenters. The van der Waals surface area contributed by atoms with Gasteiger partial charge in [0.1, 0.15) is 5.82 Å². The van der Waals surface area contributed by atoms with Crippen LogP contribution in [0.15, 0.2) is 97.1 Å². The lowest BCUT2D eigenvalue weighted by molar-refractivity contribution is -0.384. The molecule has 0 radical (unpaired) electrons. The number of carbonyl (C=O) groups is 2. The largest absolute Gasteiger partial charge is 0.326 e. The Morgan fingerprint density at radius 3 is 2.22 bits per heavy atom. The van der Waals surface area contributed by atoms with Crippen molar-refractivity contribution in [2.45, 2.75) is 19.9 Å². The van der Waals surface area contributed by atoms with Crippen molar-refractivity contribution in [1.29, 1.82) is 0 Å². The van der Waals surface area contributed by atoms with Gasteiger partial charge in [-0.05, 0) is 66.6 Å². The second-order valence-corrected chi connectivity index (χ2v) is 8.58. The van der Waals surface area contributed by atoms with Crippen molar-refractivity contribution < 1.29 is 18.9 Å². The summed E-state index contributed by atoms with van der Waals surface area (Å²) < 4.78 is 13.1. The average molecular weight is 498 g/mol. The van der Waals surface area contributed by atoms with Crippen LogP contribution in [0.3, 0.4) is 0 Å². The Morgan fingerprint density at radius 2 is 1.57 bits per heavy atom. The number of nitrogens with zero attached hydrogens (tertiary/aromatic N) is 2. The molecule has 0 fully saturated rings. The van der Waals surface area contributed by atoms with Crippen molar-refractivity contribution >= 4 is 28.9 Å². The highest BCUT2D eigenvalue weighted by Gasteiger charge is 2.20. The molecule has 2 amide bonds. The minimum absolute atomic E-state index is 0.0509. The second-order valence-electron chi connectivity index (χ2n) is 8.58. The third kappa shape index (κ3) is 6.64. The minimum atomic E-state index is -0.515. The molecule has 8 heteroatoms. The van der Waals surface area contributed by atoms with E-state index in [0.29, 0.717) is 22.5 Å². The fraction of sp³-hybridized carbons (Fsp3) is 0.103. The molecule has 1 N–H and O–H groups in total. The lowest BCUT2D eigenvalue weighted by atomic mass is 10.1. The molecule has 7 nitrogen and oxygen atoms in total. The number of nitro groups is 1. The summed E-state index contributed by atoms with van der Waals surface area (Å²) in [6.45, 7) is 2.24. The van der Waals surface area contributed by atoms with Gasteiger partial charge in [-0.1, -0.05) is 42.0 Å². The normalized spacial score (nSPS) is 10.5. The highest BCUT2D eigenvalue weighted by atomic mass is 19.1. The summed E-state index contributed by atoms with van der Waals surface area (Å²) in [4.78, 5) is 38.2. The Kier molecular flexibility index (Phi) is 7.68. The third-order valence-corrected chi connectivity index (χ3v) is 5.75. The topological polar surface area (TPSA) is 92.6 Å². The molecule has 186 valence electrons. The van der Waals surface area contributed by atoms with E-state index in [4.69, 9.17) is 0 Å². The van der Waals surface area contributed by atoms with Gasteiger partial charge in [0.05, 0.1) is 17.9 Å². The molecule has 37 heavy (non-hydrogen) atoms. The van der Waals surface area contributed by atoms with Crippen LogP contribution in [-0.2, 0) is 17.8 Å². The molecule has 0 heterocycles. The van der Waals surface area contributed by atoms with E-state index in [1.165, 1.54) is 48.5 Å². The fourth-order valence-electron chi connectivity index (χ4n) is 3.80. The fourth-order valence-corrected chi connectivity index (χ4v) is 3.80. The quantitative estimate of drug-likeness (QED) is 0.236. The average Bonchev–Trinajstić information content (AvgIpc) is 2.89. The van der Waals surface area contributed by atoms with Gasteiger partial charge >= 0.3 is 0 Å². The number of hydrogen-bond donors (Lipinski definition) is 1. The molecule has 0 spiro atoms. The molecule has 0 bridgehead atoms. The maximum Gasteiger partial charge on any atom is 0.269 e. The molecular weight excluding hydrogens is 473 g/mol. The highest BCUT2D eigenvalue weighted by molar-refractivity contribution is 6.06. The smallest absolute Gasteiger partial charge is 0.269 e. The molecule has 0 aliphatic heterocycles.